The molecule has 0 amide bonds. The molecule has 0 spiro atoms. The van der Waals surface area contributed by atoms with Gasteiger partial charge in [-0.2, -0.15) is 15.0 Å². The molecule has 0 unspecified atom stereocenters. The molecule has 8 nitrogen and oxygen atoms in total. The molecule has 2 aromatic heterocycles. The Labute approximate surface area is 150 Å². The molecule has 0 saturated heterocycles. The molecule has 0 radical (unpaired) electrons. The lowest BCUT2D eigenvalue weighted by atomic mass is 10.2. The van der Waals surface area contributed by atoms with E-state index in [4.69, 9.17) is 5.73 Å². The van der Waals surface area contributed by atoms with Crippen LogP contribution in [0.25, 0.3) is 0 Å². The molecule has 130 valence electrons. The Balaban J connectivity index is 1.67. The van der Waals surface area contributed by atoms with Crippen LogP contribution in [0.3, 0.4) is 0 Å². The number of aromatic nitrogens is 6. The van der Waals surface area contributed by atoms with Crippen molar-refractivity contribution in [1.29, 1.82) is 0 Å². The Bertz CT molecular complexity index is 830. The molecule has 0 atom stereocenters. The van der Waals surface area contributed by atoms with Crippen molar-refractivity contribution in [3.63, 3.8) is 0 Å². The van der Waals surface area contributed by atoms with Crippen molar-refractivity contribution in [1.82, 2.24) is 30.1 Å². The third kappa shape index (κ3) is 4.90. The van der Waals surface area contributed by atoms with Crippen molar-refractivity contribution < 1.29 is 0 Å². The van der Waals surface area contributed by atoms with Crippen LogP contribution in [-0.4, -0.2) is 30.1 Å². The molecule has 4 N–H and O–H groups in total. The van der Waals surface area contributed by atoms with Gasteiger partial charge in [0.05, 0.1) is 5.75 Å². The number of thioether (sulfide) groups is 1. The molecular formula is C16H20N8S. The maximum absolute atomic E-state index is 5.80. The summed E-state index contributed by atoms with van der Waals surface area (Å²) in [6.07, 6.45) is 1.91. The number of nitrogen functional groups attached to an aromatic ring is 1. The van der Waals surface area contributed by atoms with Gasteiger partial charge in [-0.05, 0) is 25.5 Å². The molecule has 2 heterocycles. The number of hydrogen-bond acceptors (Lipinski definition) is 8. The zero-order valence-corrected chi connectivity index (χ0v) is 15.0. The number of aryl methyl sites for hydroxylation is 2. The van der Waals surface area contributed by atoms with Crippen LogP contribution < -0.4 is 11.1 Å². The SMILES string of the molecule is CCCc1nc(SCc2nc(N)nc(Nc3ccc(C)cc3)n2)n[nH]1. The van der Waals surface area contributed by atoms with Gasteiger partial charge in [-0.1, -0.05) is 36.4 Å². The fourth-order valence-corrected chi connectivity index (χ4v) is 2.82. The second-order valence-electron chi connectivity index (χ2n) is 5.53. The van der Waals surface area contributed by atoms with Crippen LogP contribution in [0.15, 0.2) is 29.4 Å². The number of nitrogens with two attached hydrogens (primary N) is 1. The van der Waals surface area contributed by atoms with E-state index in [0.717, 1.165) is 24.4 Å². The zero-order chi connectivity index (χ0) is 17.6. The van der Waals surface area contributed by atoms with E-state index >= 15 is 0 Å². The first-order valence-corrected chi connectivity index (χ1v) is 8.99. The van der Waals surface area contributed by atoms with Crippen LogP contribution >= 0.6 is 11.8 Å². The molecular weight excluding hydrogens is 336 g/mol. The summed E-state index contributed by atoms with van der Waals surface area (Å²) >= 11 is 1.46. The highest BCUT2D eigenvalue weighted by atomic mass is 32.2. The highest BCUT2D eigenvalue weighted by Gasteiger charge is 2.08. The summed E-state index contributed by atoms with van der Waals surface area (Å²) < 4.78 is 0. The van der Waals surface area contributed by atoms with Crippen LogP contribution in [0.5, 0.6) is 0 Å². The second-order valence-corrected chi connectivity index (χ2v) is 6.47. The lowest BCUT2D eigenvalue weighted by Gasteiger charge is -2.07. The lowest BCUT2D eigenvalue weighted by molar-refractivity contribution is 0.840. The standard InChI is InChI=1S/C16H20N8S/c1-3-4-12-21-16(24-23-12)25-9-13-19-14(17)22-15(20-13)18-11-7-5-10(2)6-8-11/h5-8H,3-4,9H2,1-2H3,(H,21,23,24)(H3,17,18,19,20,22). The predicted molar refractivity (Wildman–Crippen MR) is 98.6 cm³/mol. The first-order chi connectivity index (χ1) is 12.1. The molecule has 0 saturated carbocycles. The van der Waals surface area contributed by atoms with E-state index in [1.807, 2.05) is 31.2 Å². The number of nitrogens with zero attached hydrogens (tertiary/aromatic N) is 5. The van der Waals surface area contributed by atoms with Crippen LogP contribution in [-0.2, 0) is 12.2 Å². The summed E-state index contributed by atoms with van der Waals surface area (Å²) in [5.41, 5.74) is 7.88. The van der Waals surface area contributed by atoms with Crippen LogP contribution in [0.4, 0.5) is 17.6 Å². The average Bonchev–Trinajstić information content (AvgIpc) is 3.03. The molecule has 9 heteroatoms. The smallest absolute Gasteiger partial charge is 0.232 e. The maximum atomic E-state index is 5.80. The number of aromatic amines is 1. The van der Waals surface area contributed by atoms with Crippen molar-refractivity contribution in [2.75, 3.05) is 11.1 Å². The number of H-pyrrole nitrogens is 1. The fourth-order valence-electron chi connectivity index (χ4n) is 2.14. The molecule has 3 rings (SSSR count). The van der Waals surface area contributed by atoms with E-state index < -0.39 is 0 Å². The van der Waals surface area contributed by atoms with E-state index in [-0.39, 0.29) is 5.95 Å². The Morgan fingerprint density at radius 3 is 2.68 bits per heavy atom. The van der Waals surface area contributed by atoms with E-state index in [9.17, 15) is 0 Å². The molecule has 3 aromatic rings. The third-order valence-corrected chi connectivity index (χ3v) is 4.18. The number of nitrogens with one attached hydrogen (secondary N) is 2. The summed E-state index contributed by atoms with van der Waals surface area (Å²) in [5.74, 6) is 2.59. The maximum Gasteiger partial charge on any atom is 0.232 e. The molecule has 0 aliphatic carbocycles. The minimum atomic E-state index is 0.182. The Hall–Kier alpha value is -2.68. The van der Waals surface area contributed by atoms with Crippen molar-refractivity contribution in [2.24, 2.45) is 0 Å². The van der Waals surface area contributed by atoms with Gasteiger partial charge >= 0.3 is 0 Å². The fraction of sp³-hybridized carbons (Fsp3) is 0.312. The number of benzene rings is 1. The van der Waals surface area contributed by atoms with Gasteiger partial charge in [-0.25, -0.2) is 4.98 Å². The molecule has 25 heavy (non-hydrogen) atoms. The number of anilines is 3. The largest absolute Gasteiger partial charge is 0.368 e. The van der Waals surface area contributed by atoms with Gasteiger partial charge in [0.15, 0.2) is 0 Å². The Morgan fingerprint density at radius 1 is 1.12 bits per heavy atom. The normalized spacial score (nSPS) is 10.8. The first kappa shape index (κ1) is 17.2. The predicted octanol–water partition coefficient (Wildman–Crippen LogP) is 2.87. The zero-order valence-electron chi connectivity index (χ0n) is 14.2. The highest BCUT2D eigenvalue weighted by molar-refractivity contribution is 7.98. The molecule has 0 bridgehead atoms. The van der Waals surface area contributed by atoms with Crippen molar-refractivity contribution in [3.8, 4) is 0 Å². The quantitative estimate of drug-likeness (QED) is 0.553. The third-order valence-electron chi connectivity index (χ3n) is 3.34. The summed E-state index contributed by atoms with van der Waals surface area (Å²) in [6, 6.07) is 7.96. The second kappa shape index (κ2) is 7.93. The monoisotopic (exact) mass is 356 g/mol. The summed E-state index contributed by atoms with van der Waals surface area (Å²) in [7, 11) is 0. The van der Waals surface area contributed by atoms with E-state index in [0.29, 0.717) is 22.7 Å². The molecule has 0 aliphatic heterocycles. The molecule has 1 aromatic carbocycles. The Morgan fingerprint density at radius 2 is 1.92 bits per heavy atom. The van der Waals surface area contributed by atoms with Crippen LogP contribution in [0.1, 0.15) is 30.6 Å². The van der Waals surface area contributed by atoms with Gasteiger partial charge in [0, 0.05) is 12.1 Å². The minimum Gasteiger partial charge on any atom is -0.368 e. The molecule has 0 fully saturated rings. The van der Waals surface area contributed by atoms with Gasteiger partial charge in [-0.3, -0.25) is 5.10 Å². The van der Waals surface area contributed by atoms with Gasteiger partial charge in [0.25, 0.3) is 0 Å². The van der Waals surface area contributed by atoms with Crippen molar-refractivity contribution >= 4 is 29.3 Å². The lowest BCUT2D eigenvalue weighted by Crippen LogP contribution is -2.06. The summed E-state index contributed by atoms with van der Waals surface area (Å²) in [6.45, 7) is 4.14. The highest BCUT2D eigenvalue weighted by Crippen LogP contribution is 2.19. The van der Waals surface area contributed by atoms with E-state index in [1.54, 1.807) is 0 Å². The molecule has 0 aliphatic rings. The van der Waals surface area contributed by atoms with E-state index in [1.165, 1.54) is 17.3 Å². The minimum absolute atomic E-state index is 0.182. The van der Waals surface area contributed by atoms with Gasteiger partial charge in [0.2, 0.25) is 17.1 Å². The van der Waals surface area contributed by atoms with Crippen LogP contribution in [0.2, 0.25) is 0 Å². The first-order valence-electron chi connectivity index (χ1n) is 8.00. The van der Waals surface area contributed by atoms with Gasteiger partial charge < -0.3 is 11.1 Å². The van der Waals surface area contributed by atoms with Crippen molar-refractivity contribution in [3.05, 3.63) is 41.5 Å². The van der Waals surface area contributed by atoms with Crippen molar-refractivity contribution in [2.45, 2.75) is 37.6 Å². The van der Waals surface area contributed by atoms with Crippen LogP contribution in [0, 0.1) is 6.92 Å². The Kier molecular flexibility index (Phi) is 5.44. The summed E-state index contributed by atoms with van der Waals surface area (Å²) in [5, 5.41) is 10.9. The number of rotatable bonds is 7. The van der Waals surface area contributed by atoms with Gasteiger partial charge in [-0.15, -0.1) is 5.10 Å². The average molecular weight is 356 g/mol. The topological polar surface area (TPSA) is 118 Å². The number of hydrogen-bond donors (Lipinski definition) is 3. The van der Waals surface area contributed by atoms with E-state index in [2.05, 4.69) is 42.4 Å². The summed E-state index contributed by atoms with van der Waals surface area (Å²) in [4.78, 5) is 17.1. The van der Waals surface area contributed by atoms with Gasteiger partial charge in [0.1, 0.15) is 11.6 Å².